The van der Waals surface area contributed by atoms with Crippen LogP contribution < -0.4 is 4.90 Å². The topological polar surface area (TPSA) is 81.5 Å². The van der Waals surface area contributed by atoms with Gasteiger partial charge in [-0.2, -0.15) is 5.26 Å². The van der Waals surface area contributed by atoms with E-state index in [1.54, 1.807) is 18.3 Å². The predicted molar refractivity (Wildman–Crippen MR) is 110 cm³/mol. The summed E-state index contributed by atoms with van der Waals surface area (Å²) in [5, 5.41) is 9.05. The minimum Gasteiger partial charge on any atom is -0.268 e. The van der Waals surface area contributed by atoms with Crippen molar-refractivity contribution in [1.29, 1.82) is 5.26 Å². The van der Waals surface area contributed by atoms with E-state index >= 15 is 0 Å². The standard InChI is InChI=1S/C23H23N3O3/c1-13(2)15-8-6-9-16(14(3)4)20(15)26-22(28)18-11-7-10-17(19(18)23(26)29)21(27)25(5)12-24/h6-11,13-14H,1-5H3. The molecule has 1 aliphatic rings. The summed E-state index contributed by atoms with van der Waals surface area (Å²) in [5.41, 5.74) is 2.68. The number of nitriles is 1. The molecule has 0 bridgehead atoms. The number of rotatable bonds is 4. The van der Waals surface area contributed by atoms with Gasteiger partial charge in [0.25, 0.3) is 17.7 Å². The molecule has 0 N–H and O–H groups in total. The molecule has 6 nitrogen and oxygen atoms in total. The Morgan fingerprint density at radius 1 is 0.966 bits per heavy atom. The molecule has 0 aliphatic carbocycles. The number of imide groups is 1. The highest BCUT2D eigenvalue weighted by Crippen LogP contribution is 2.40. The van der Waals surface area contributed by atoms with E-state index in [-0.39, 0.29) is 28.5 Å². The lowest BCUT2D eigenvalue weighted by atomic mass is 9.92. The van der Waals surface area contributed by atoms with Crippen molar-refractivity contribution >= 4 is 23.4 Å². The molecule has 3 amide bonds. The average Bonchev–Trinajstić information content (AvgIpc) is 2.96. The fraction of sp³-hybridized carbons (Fsp3) is 0.304. The fourth-order valence-electron chi connectivity index (χ4n) is 3.66. The van der Waals surface area contributed by atoms with E-state index in [4.69, 9.17) is 5.26 Å². The van der Waals surface area contributed by atoms with Crippen molar-refractivity contribution in [2.24, 2.45) is 0 Å². The predicted octanol–water partition coefficient (Wildman–Crippen LogP) is 4.29. The van der Waals surface area contributed by atoms with E-state index in [1.807, 2.05) is 45.9 Å². The maximum absolute atomic E-state index is 13.4. The Kier molecular flexibility index (Phi) is 5.25. The number of fused-ring (bicyclic) bond motifs is 1. The molecule has 6 heteroatoms. The largest absolute Gasteiger partial charge is 0.268 e. The molecule has 0 radical (unpaired) electrons. The van der Waals surface area contributed by atoms with E-state index in [0.717, 1.165) is 16.0 Å². The number of hydrogen-bond donors (Lipinski definition) is 0. The molecule has 3 rings (SSSR count). The minimum atomic E-state index is -0.617. The molecule has 0 atom stereocenters. The number of nitrogens with zero attached hydrogens (tertiary/aromatic N) is 3. The molecule has 0 fully saturated rings. The van der Waals surface area contributed by atoms with Gasteiger partial charge in [-0.25, -0.2) is 9.80 Å². The number of carbonyl (C=O) groups excluding carboxylic acids is 3. The molecule has 2 aromatic carbocycles. The number of anilines is 1. The number of para-hydroxylation sites is 1. The molecule has 1 aliphatic heterocycles. The van der Waals surface area contributed by atoms with E-state index in [0.29, 0.717) is 5.69 Å². The van der Waals surface area contributed by atoms with Gasteiger partial charge in [-0.15, -0.1) is 0 Å². The van der Waals surface area contributed by atoms with Gasteiger partial charge in [0.1, 0.15) is 0 Å². The lowest BCUT2D eigenvalue weighted by Gasteiger charge is -2.25. The van der Waals surface area contributed by atoms with Crippen LogP contribution in [-0.2, 0) is 0 Å². The Morgan fingerprint density at radius 3 is 2.03 bits per heavy atom. The zero-order valence-corrected chi connectivity index (χ0v) is 17.2. The first-order chi connectivity index (χ1) is 13.7. The summed E-state index contributed by atoms with van der Waals surface area (Å²) in [6.07, 6.45) is 1.75. The van der Waals surface area contributed by atoms with E-state index in [2.05, 4.69) is 0 Å². The summed E-state index contributed by atoms with van der Waals surface area (Å²) >= 11 is 0. The first-order valence-electron chi connectivity index (χ1n) is 9.53. The van der Waals surface area contributed by atoms with Crippen LogP contribution in [0.2, 0.25) is 0 Å². The number of hydrogen-bond acceptors (Lipinski definition) is 4. The Balaban J connectivity index is 2.24. The van der Waals surface area contributed by atoms with Crippen LogP contribution in [0.15, 0.2) is 36.4 Å². The zero-order chi connectivity index (χ0) is 21.5. The molecule has 0 aromatic heterocycles. The van der Waals surface area contributed by atoms with Crippen LogP contribution in [0.1, 0.15) is 81.7 Å². The third-order valence-electron chi connectivity index (χ3n) is 5.17. The van der Waals surface area contributed by atoms with Crippen molar-refractivity contribution in [3.63, 3.8) is 0 Å². The third-order valence-corrected chi connectivity index (χ3v) is 5.17. The second kappa shape index (κ2) is 7.51. The Morgan fingerprint density at radius 2 is 1.52 bits per heavy atom. The van der Waals surface area contributed by atoms with Crippen molar-refractivity contribution in [3.8, 4) is 6.19 Å². The van der Waals surface area contributed by atoms with Gasteiger partial charge in [0.2, 0.25) is 0 Å². The van der Waals surface area contributed by atoms with Gasteiger partial charge in [0.15, 0.2) is 6.19 Å². The summed E-state index contributed by atoms with van der Waals surface area (Å²) < 4.78 is 0. The van der Waals surface area contributed by atoms with E-state index in [9.17, 15) is 14.4 Å². The minimum absolute atomic E-state index is 0.0536. The van der Waals surface area contributed by atoms with Crippen molar-refractivity contribution in [2.45, 2.75) is 39.5 Å². The molecule has 0 saturated heterocycles. The molecular formula is C23H23N3O3. The van der Waals surface area contributed by atoms with Crippen LogP contribution in [0.5, 0.6) is 0 Å². The Bertz CT molecular complexity index is 1040. The Labute approximate surface area is 170 Å². The van der Waals surface area contributed by atoms with Gasteiger partial charge in [-0.3, -0.25) is 14.4 Å². The van der Waals surface area contributed by atoms with Gasteiger partial charge in [-0.05, 0) is 35.1 Å². The smallest absolute Gasteiger partial charge is 0.267 e. The molecule has 29 heavy (non-hydrogen) atoms. The highest BCUT2D eigenvalue weighted by molar-refractivity contribution is 6.36. The quantitative estimate of drug-likeness (QED) is 0.444. The lowest BCUT2D eigenvalue weighted by molar-refractivity contribution is 0.0848. The molecule has 148 valence electrons. The first-order valence-corrected chi connectivity index (χ1v) is 9.53. The number of benzene rings is 2. The summed E-state index contributed by atoms with van der Waals surface area (Å²) in [5.74, 6) is -1.41. The normalized spacial score (nSPS) is 13.1. The van der Waals surface area contributed by atoms with Crippen molar-refractivity contribution in [2.75, 3.05) is 11.9 Å². The third kappa shape index (κ3) is 3.19. The Hall–Kier alpha value is -3.46. The average molecular weight is 389 g/mol. The molecule has 0 unspecified atom stereocenters. The summed E-state index contributed by atoms with van der Waals surface area (Å²) in [4.78, 5) is 41.4. The molecule has 1 heterocycles. The second-order valence-electron chi connectivity index (χ2n) is 7.73. The lowest BCUT2D eigenvalue weighted by Crippen LogP contribution is -2.32. The zero-order valence-electron chi connectivity index (χ0n) is 17.2. The van der Waals surface area contributed by atoms with Gasteiger partial charge >= 0.3 is 0 Å². The monoisotopic (exact) mass is 389 g/mol. The molecular weight excluding hydrogens is 366 g/mol. The molecule has 0 spiro atoms. The van der Waals surface area contributed by atoms with Crippen LogP contribution in [0, 0.1) is 11.5 Å². The maximum Gasteiger partial charge on any atom is 0.267 e. The second-order valence-corrected chi connectivity index (χ2v) is 7.73. The summed E-state index contributed by atoms with van der Waals surface area (Å²) in [6.45, 7) is 8.05. The van der Waals surface area contributed by atoms with Crippen LogP contribution in [0.3, 0.4) is 0 Å². The first kappa shape index (κ1) is 20.3. The van der Waals surface area contributed by atoms with Crippen LogP contribution >= 0.6 is 0 Å². The fourth-order valence-corrected chi connectivity index (χ4v) is 3.66. The van der Waals surface area contributed by atoms with E-state index < -0.39 is 17.7 Å². The summed E-state index contributed by atoms with van der Waals surface area (Å²) in [6, 6.07) is 10.4. The van der Waals surface area contributed by atoms with Crippen molar-refractivity contribution < 1.29 is 14.4 Å². The van der Waals surface area contributed by atoms with Gasteiger partial charge in [-0.1, -0.05) is 52.0 Å². The van der Waals surface area contributed by atoms with Gasteiger partial charge in [0, 0.05) is 7.05 Å². The van der Waals surface area contributed by atoms with Gasteiger partial charge in [0.05, 0.1) is 22.4 Å². The van der Waals surface area contributed by atoms with E-state index in [1.165, 1.54) is 18.0 Å². The SMILES string of the molecule is CC(C)c1cccc(C(C)C)c1N1C(=O)c2cccc(C(=O)N(C)C#N)c2C1=O. The summed E-state index contributed by atoms with van der Waals surface area (Å²) in [7, 11) is 1.33. The highest BCUT2D eigenvalue weighted by atomic mass is 16.2. The van der Waals surface area contributed by atoms with Crippen molar-refractivity contribution in [1.82, 2.24) is 4.90 Å². The van der Waals surface area contributed by atoms with Crippen LogP contribution in [-0.4, -0.2) is 29.7 Å². The van der Waals surface area contributed by atoms with Crippen LogP contribution in [0.25, 0.3) is 0 Å². The van der Waals surface area contributed by atoms with Gasteiger partial charge < -0.3 is 0 Å². The highest BCUT2D eigenvalue weighted by Gasteiger charge is 2.42. The molecule has 2 aromatic rings. The molecule has 0 saturated carbocycles. The number of carbonyl (C=O) groups is 3. The van der Waals surface area contributed by atoms with Crippen LogP contribution in [0.4, 0.5) is 5.69 Å². The van der Waals surface area contributed by atoms with Crippen molar-refractivity contribution in [3.05, 3.63) is 64.2 Å². The maximum atomic E-state index is 13.4. The number of amides is 3.